The molecule has 0 radical (unpaired) electrons. The normalized spacial score (nSPS) is 19.7. The number of carboxylic acid groups (broad SMARTS) is 1. The summed E-state index contributed by atoms with van der Waals surface area (Å²) in [5, 5.41) is 32.6. The molecule has 0 aromatic heterocycles. The molecule has 0 spiro atoms. The second kappa shape index (κ2) is 15.8. The zero-order valence-corrected chi connectivity index (χ0v) is 28.7. The molecule has 2 bridgehead atoms. The third-order valence-electron chi connectivity index (χ3n) is 9.77. The second-order valence-corrected chi connectivity index (χ2v) is 13.7. The Labute approximate surface area is 305 Å². The fourth-order valence-corrected chi connectivity index (χ4v) is 6.92. The van der Waals surface area contributed by atoms with E-state index in [1.54, 1.807) is 24.3 Å². The smallest absolute Gasteiger partial charge is 0.416 e. The van der Waals surface area contributed by atoms with Gasteiger partial charge in [0.1, 0.15) is 0 Å². The van der Waals surface area contributed by atoms with E-state index in [0.717, 1.165) is 23.8 Å². The van der Waals surface area contributed by atoms with Gasteiger partial charge in [-0.3, -0.25) is 9.59 Å². The van der Waals surface area contributed by atoms with Gasteiger partial charge in [0.05, 0.1) is 18.2 Å². The number of nitrogens with zero attached hydrogens (tertiary/aromatic N) is 2. The summed E-state index contributed by atoms with van der Waals surface area (Å²) in [6.07, 6.45) is -6.99. The maximum Gasteiger partial charge on any atom is 0.416 e. The molecule has 1 saturated carbocycles. The fraction of sp³-hybridized carbons (Fsp3) is 0.395. The maximum atomic E-state index is 14.6. The SMILES string of the molecule is O=C(O)[C@H](O)[C@H](O)C(=O)N1C[C@H]2CC(c3ccc(CCCOc4c(F)ccc(F)c4F)cc3)=C(C(=O)N(Cc3cccc(C(F)(F)F)c3)C3CC3)[C@@H](C1)N2. The first kappa shape index (κ1) is 38.8. The lowest BCUT2D eigenvalue weighted by Gasteiger charge is -2.45. The highest BCUT2D eigenvalue weighted by atomic mass is 19.4. The van der Waals surface area contributed by atoms with Gasteiger partial charge < -0.3 is 35.2 Å². The number of rotatable bonds is 13. The van der Waals surface area contributed by atoms with Gasteiger partial charge in [-0.05, 0) is 78.6 Å². The number of hydrogen-bond acceptors (Lipinski definition) is 7. The third-order valence-corrected chi connectivity index (χ3v) is 9.77. The quantitative estimate of drug-likeness (QED) is 0.114. The van der Waals surface area contributed by atoms with Gasteiger partial charge in [-0.25, -0.2) is 13.6 Å². The Hall–Kier alpha value is -4.93. The number of halogens is 6. The molecule has 6 rings (SSSR count). The molecule has 4 N–H and O–H groups in total. The topological polar surface area (TPSA) is 140 Å². The average Bonchev–Trinajstić information content (AvgIpc) is 3.99. The number of piperazine rings is 1. The average molecular weight is 762 g/mol. The third kappa shape index (κ3) is 8.55. The number of aliphatic hydroxyl groups is 2. The molecule has 2 aliphatic heterocycles. The van der Waals surface area contributed by atoms with Crippen LogP contribution in [0.5, 0.6) is 5.75 Å². The van der Waals surface area contributed by atoms with Gasteiger partial charge in [0.2, 0.25) is 5.82 Å². The van der Waals surface area contributed by atoms with Crippen LogP contribution in [0.3, 0.4) is 0 Å². The predicted octanol–water partition coefficient (Wildman–Crippen LogP) is 4.46. The standard InChI is InChI=1S/C38H37F6N3O7/c39-27-12-13-28(40)34(31(27)41)54-14-2-4-20-6-8-22(9-7-20)26-16-24-18-46(36(51)32(48)33(49)37(52)53)19-29(45-24)30(26)35(50)47(25-10-11-25)17-21-3-1-5-23(15-21)38(42,43)44/h1,3,5-9,12-13,15,24-25,29,32-33,45,48-49H,2,4,10-11,14,16-19H2,(H,52,53)/t24-,29-,32+,33-/m1/s1. The minimum Gasteiger partial charge on any atom is -0.488 e. The van der Waals surface area contributed by atoms with Crippen LogP contribution in [0.4, 0.5) is 26.3 Å². The number of amides is 2. The molecule has 288 valence electrons. The van der Waals surface area contributed by atoms with Crippen molar-refractivity contribution in [3.05, 3.63) is 106 Å². The Bertz CT molecular complexity index is 1940. The largest absolute Gasteiger partial charge is 0.488 e. The highest BCUT2D eigenvalue weighted by Crippen LogP contribution is 2.38. The Morgan fingerprint density at radius 2 is 1.63 bits per heavy atom. The Balaban J connectivity index is 1.27. The first-order chi connectivity index (χ1) is 25.6. The summed E-state index contributed by atoms with van der Waals surface area (Å²) in [6, 6.07) is 11.8. The molecule has 1 saturated heterocycles. The lowest BCUT2D eigenvalue weighted by molar-refractivity contribution is -0.163. The van der Waals surface area contributed by atoms with Crippen molar-refractivity contribution in [3.63, 3.8) is 0 Å². The molecular formula is C38H37F6N3O7. The monoisotopic (exact) mass is 761 g/mol. The number of carboxylic acids is 1. The van der Waals surface area contributed by atoms with Crippen molar-refractivity contribution in [3.8, 4) is 5.75 Å². The Morgan fingerprint density at radius 3 is 2.30 bits per heavy atom. The maximum absolute atomic E-state index is 14.6. The van der Waals surface area contributed by atoms with Crippen molar-refractivity contribution in [2.75, 3.05) is 19.7 Å². The van der Waals surface area contributed by atoms with Crippen molar-refractivity contribution in [1.29, 1.82) is 0 Å². The van der Waals surface area contributed by atoms with Crippen molar-refractivity contribution in [2.45, 2.75) is 75.2 Å². The van der Waals surface area contributed by atoms with E-state index in [2.05, 4.69) is 5.32 Å². The minimum atomic E-state index is -4.59. The number of benzene rings is 3. The number of nitrogens with one attached hydrogen (secondary N) is 1. The lowest BCUT2D eigenvalue weighted by Crippen LogP contribution is -2.64. The van der Waals surface area contributed by atoms with Crippen LogP contribution < -0.4 is 10.1 Å². The molecule has 2 fully saturated rings. The summed E-state index contributed by atoms with van der Waals surface area (Å²) < 4.78 is 87.2. The number of fused-ring (bicyclic) bond motifs is 2. The highest BCUT2D eigenvalue weighted by Gasteiger charge is 2.45. The van der Waals surface area contributed by atoms with E-state index in [0.29, 0.717) is 42.9 Å². The first-order valence-corrected chi connectivity index (χ1v) is 17.3. The number of hydrogen-bond donors (Lipinski definition) is 4. The van der Waals surface area contributed by atoms with Crippen molar-refractivity contribution < 1.29 is 60.8 Å². The molecule has 3 aromatic carbocycles. The van der Waals surface area contributed by atoms with Crippen LogP contribution in [0, 0.1) is 17.5 Å². The summed E-state index contributed by atoms with van der Waals surface area (Å²) in [5.74, 6) is -7.76. The summed E-state index contributed by atoms with van der Waals surface area (Å²) in [7, 11) is 0. The molecule has 3 aromatic rings. The van der Waals surface area contributed by atoms with Gasteiger partial charge in [0, 0.05) is 37.3 Å². The van der Waals surface area contributed by atoms with Crippen LogP contribution in [0.25, 0.3) is 5.57 Å². The van der Waals surface area contributed by atoms with E-state index >= 15 is 0 Å². The molecule has 2 amide bonds. The van der Waals surface area contributed by atoms with Crippen LogP contribution >= 0.6 is 0 Å². The molecule has 54 heavy (non-hydrogen) atoms. The summed E-state index contributed by atoms with van der Waals surface area (Å²) in [6.45, 7) is -0.369. The van der Waals surface area contributed by atoms with Gasteiger partial charge in [-0.2, -0.15) is 17.6 Å². The number of aliphatic hydroxyl groups excluding tert-OH is 2. The number of aryl methyl sites for hydroxylation is 1. The number of carbonyl (C=O) groups excluding carboxylic acids is 2. The van der Waals surface area contributed by atoms with Crippen molar-refractivity contribution in [2.24, 2.45) is 0 Å². The number of aliphatic carboxylic acids is 1. The van der Waals surface area contributed by atoms with E-state index < -0.39 is 77.0 Å². The molecule has 0 unspecified atom stereocenters. The number of ether oxygens (including phenoxy) is 1. The predicted molar refractivity (Wildman–Crippen MR) is 180 cm³/mol. The van der Waals surface area contributed by atoms with E-state index in [9.17, 15) is 50.9 Å². The van der Waals surface area contributed by atoms with Crippen LogP contribution in [0.15, 0.2) is 66.2 Å². The van der Waals surface area contributed by atoms with Crippen molar-refractivity contribution >= 4 is 23.4 Å². The van der Waals surface area contributed by atoms with Crippen LogP contribution in [-0.2, 0) is 33.5 Å². The molecule has 2 heterocycles. The number of alkyl halides is 3. The van der Waals surface area contributed by atoms with Gasteiger partial charge >= 0.3 is 12.1 Å². The minimum absolute atomic E-state index is 0.0187. The van der Waals surface area contributed by atoms with E-state index in [1.165, 1.54) is 21.9 Å². The first-order valence-electron chi connectivity index (χ1n) is 17.3. The van der Waals surface area contributed by atoms with Gasteiger partial charge in [-0.15, -0.1) is 0 Å². The summed E-state index contributed by atoms with van der Waals surface area (Å²) >= 11 is 0. The molecule has 3 aliphatic rings. The number of carbonyl (C=O) groups is 3. The van der Waals surface area contributed by atoms with Gasteiger partial charge in [0.15, 0.2) is 29.6 Å². The van der Waals surface area contributed by atoms with Crippen LogP contribution in [0.2, 0.25) is 0 Å². The molecule has 1 aliphatic carbocycles. The highest BCUT2D eigenvalue weighted by molar-refractivity contribution is 6.03. The van der Waals surface area contributed by atoms with E-state index in [-0.39, 0.29) is 49.8 Å². The fourth-order valence-electron chi connectivity index (χ4n) is 6.92. The zero-order valence-electron chi connectivity index (χ0n) is 28.7. The lowest BCUT2D eigenvalue weighted by atomic mass is 9.82. The summed E-state index contributed by atoms with van der Waals surface area (Å²) in [5.41, 5.74) is 1.79. The van der Waals surface area contributed by atoms with Crippen molar-refractivity contribution in [1.82, 2.24) is 15.1 Å². The molecule has 4 atom stereocenters. The van der Waals surface area contributed by atoms with Gasteiger partial charge in [-0.1, -0.05) is 36.4 Å². The Kier molecular flexibility index (Phi) is 11.4. The van der Waals surface area contributed by atoms with E-state index in [4.69, 9.17) is 9.84 Å². The molecular weight excluding hydrogens is 724 g/mol. The molecule has 10 nitrogen and oxygen atoms in total. The second-order valence-electron chi connectivity index (χ2n) is 13.7. The molecule has 16 heteroatoms. The Morgan fingerprint density at radius 1 is 0.926 bits per heavy atom. The van der Waals surface area contributed by atoms with Gasteiger partial charge in [0.25, 0.3) is 11.8 Å². The van der Waals surface area contributed by atoms with E-state index in [1.807, 2.05) is 0 Å². The van der Waals surface area contributed by atoms with Crippen LogP contribution in [0.1, 0.15) is 47.9 Å². The zero-order chi connectivity index (χ0) is 38.9. The van der Waals surface area contributed by atoms with Crippen LogP contribution in [-0.4, -0.2) is 92.9 Å². The summed E-state index contributed by atoms with van der Waals surface area (Å²) in [4.78, 5) is 41.8.